The van der Waals surface area contributed by atoms with Crippen LogP contribution in [0.1, 0.15) is 25.7 Å². The largest absolute Gasteiger partial charge is 0.481 e. The number of carboxylic acid groups (broad SMARTS) is 1. The average Bonchev–Trinajstić information content (AvgIpc) is 2.38. The molecule has 3 amide bonds. The molecule has 1 aromatic rings. The fourth-order valence-corrected chi connectivity index (χ4v) is 1.67. The van der Waals surface area contributed by atoms with Crippen molar-refractivity contribution >= 4 is 35.2 Å². The first kappa shape index (κ1) is 16.9. The molecular formula is C13H14ClFN2O4. The van der Waals surface area contributed by atoms with E-state index >= 15 is 0 Å². The normalized spacial score (nSPS) is 10.0. The first-order chi connectivity index (χ1) is 9.88. The van der Waals surface area contributed by atoms with Crippen LogP contribution in [0.4, 0.5) is 14.9 Å². The number of carbonyl (C=O) groups excluding carboxylic acids is 2. The fourth-order valence-electron chi connectivity index (χ4n) is 1.49. The van der Waals surface area contributed by atoms with Crippen LogP contribution in [0.15, 0.2) is 18.2 Å². The molecule has 6 nitrogen and oxygen atoms in total. The zero-order valence-electron chi connectivity index (χ0n) is 11.0. The van der Waals surface area contributed by atoms with Crippen molar-refractivity contribution < 1.29 is 23.9 Å². The molecule has 0 fully saturated rings. The summed E-state index contributed by atoms with van der Waals surface area (Å²) in [7, 11) is 0. The summed E-state index contributed by atoms with van der Waals surface area (Å²) in [5, 5.41) is 12.7. The third-order valence-electron chi connectivity index (χ3n) is 2.47. The van der Waals surface area contributed by atoms with Gasteiger partial charge in [0.1, 0.15) is 5.82 Å². The van der Waals surface area contributed by atoms with Gasteiger partial charge in [0.05, 0.1) is 5.02 Å². The number of hydrogen-bond acceptors (Lipinski definition) is 3. The van der Waals surface area contributed by atoms with Crippen molar-refractivity contribution in [1.29, 1.82) is 0 Å². The van der Waals surface area contributed by atoms with Crippen molar-refractivity contribution in [2.75, 3.05) is 5.32 Å². The van der Waals surface area contributed by atoms with Gasteiger partial charge < -0.3 is 10.4 Å². The average molecular weight is 317 g/mol. The number of carboxylic acids is 1. The van der Waals surface area contributed by atoms with Crippen LogP contribution in [-0.2, 0) is 9.59 Å². The minimum atomic E-state index is -0.929. The summed E-state index contributed by atoms with van der Waals surface area (Å²) in [5.74, 6) is -2.07. The Morgan fingerprint density at radius 2 is 1.86 bits per heavy atom. The predicted molar refractivity (Wildman–Crippen MR) is 74.7 cm³/mol. The number of benzene rings is 1. The molecule has 3 N–H and O–H groups in total. The molecule has 0 aliphatic rings. The highest BCUT2D eigenvalue weighted by atomic mass is 35.5. The maximum atomic E-state index is 12.9. The topological polar surface area (TPSA) is 95.5 Å². The summed E-state index contributed by atoms with van der Waals surface area (Å²) < 4.78 is 12.9. The van der Waals surface area contributed by atoms with Crippen LogP contribution in [0.2, 0.25) is 5.02 Å². The summed E-state index contributed by atoms with van der Waals surface area (Å²) in [4.78, 5) is 33.2. The molecule has 0 radical (unpaired) electrons. The molecule has 0 aliphatic heterocycles. The van der Waals surface area contributed by atoms with E-state index in [2.05, 4.69) is 10.6 Å². The third kappa shape index (κ3) is 6.71. The molecule has 0 saturated heterocycles. The quantitative estimate of drug-likeness (QED) is 0.703. The van der Waals surface area contributed by atoms with Gasteiger partial charge in [-0.3, -0.25) is 14.9 Å². The van der Waals surface area contributed by atoms with Gasteiger partial charge in [0.25, 0.3) is 0 Å². The van der Waals surface area contributed by atoms with E-state index < -0.39 is 23.7 Å². The van der Waals surface area contributed by atoms with Crippen LogP contribution in [-0.4, -0.2) is 23.0 Å². The van der Waals surface area contributed by atoms with E-state index in [1.54, 1.807) is 0 Å². The molecule has 8 heteroatoms. The number of anilines is 1. The van der Waals surface area contributed by atoms with Crippen LogP contribution in [0, 0.1) is 5.82 Å². The van der Waals surface area contributed by atoms with E-state index in [0.29, 0.717) is 12.8 Å². The van der Waals surface area contributed by atoms with Crippen molar-refractivity contribution in [3.8, 4) is 0 Å². The van der Waals surface area contributed by atoms with Gasteiger partial charge in [-0.25, -0.2) is 9.18 Å². The molecule has 1 aromatic carbocycles. The van der Waals surface area contributed by atoms with Gasteiger partial charge in [-0.05, 0) is 31.0 Å². The lowest BCUT2D eigenvalue weighted by molar-refractivity contribution is -0.137. The monoisotopic (exact) mass is 316 g/mol. The van der Waals surface area contributed by atoms with Gasteiger partial charge in [0.2, 0.25) is 5.91 Å². The molecule has 0 spiro atoms. The Kier molecular flexibility index (Phi) is 6.61. The Hall–Kier alpha value is -2.15. The number of aliphatic carboxylic acids is 1. The lowest BCUT2D eigenvalue weighted by atomic mass is 10.2. The summed E-state index contributed by atoms with van der Waals surface area (Å²) >= 11 is 5.55. The summed E-state index contributed by atoms with van der Waals surface area (Å²) in [6, 6.07) is 2.85. The Labute approximate surface area is 125 Å². The molecule has 21 heavy (non-hydrogen) atoms. The van der Waals surface area contributed by atoms with Gasteiger partial charge in [0, 0.05) is 18.5 Å². The highest BCUT2D eigenvalue weighted by Crippen LogP contribution is 2.19. The van der Waals surface area contributed by atoms with Crippen molar-refractivity contribution in [2.24, 2.45) is 0 Å². The standard InChI is InChI=1S/C13H14ClFN2O4/c14-9-7-8(5-6-10(9)15)16-13(21)17-11(18)3-1-2-4-12(19)20/h5-7H,1-4H2,(H,19,20)(H2,16,17,18,21). The second-order valence-corrected chi connectivity index (χ2v) is 4.64. The predicted octanol–water partition coefficient (Wildman–Crippen LogP) is 2.77. The third-order valence-corrected chi connectivity index (χ3v) is 2.76. The van der Waals surface area contributed by atoms with Gasteiger partial charge in [-0.2, -0.15) is 0 Å². The van der Waals surface area contributed by atoms with Crippen LogP contribution in [0.25, 0.3) is 0 Å². The zero-order valence-corrected chi connectivity index (χ0v) is 11.7. The van der Waals surface area contributed by atoms with Gasteiger partial charge in [-0.15, -0.1) is 0 Å². The molecular weight excluding hydrogens is 303 g/mol. The smallest absolute Gasteiger partial charge is 0.325 e. The minimum absolute atomic E-state index is 0.0203. The molecule has 0 aliphatic carbocycles. The van der Waals surface area contributed by atoms with Gasteiger partial charge in [0.15, 0.2) is 0 Å². The van der Waals surface area contributed by atoms with Crippen LogP contribution in [0.3, 0.4) is 0 Å². The van der Waals surface area contributed by atoms with Crippen molar-refractivity contribution in [3.63, 3.8) is 0 Å². The number of rotatable bonds is 6. The number of halogens is 2. The van der Waals surface area contributed by atoms with E-state index in [0.717, 1.165) is 6.07 Å². The van der Waals surface area contributed by atoms with E-state index in [1.807, 2.05) is 0 Å². The number of imide groups is 1. The number of hydrogen-bond donors (Lipinski definition) is 3. The molecule has 0 heterocycles. The SMILES string of the molecule is O=C(O)CCCCC(=O)NC(=O)Nc1ccc(F)c(Cl)c1. The van der Waals surface area contributed by atoms with Crippen LogP contribution < -0.4 is 10.6 Å². The van der Waals surface area contributed by atoms with Gasteiger partial charge in [-0.1, -0.05) is 11.6 Å². The highest BCUT2D eigenvalue weighted by Gasteiger charge is 2.09. The van der Waals surface area contributed by atoms with E-state index in [1.165, 1.54) is 12.1 Å². The second kappa shape index (κ2) is 8.21. The minimum Gasteiger partial charge on any atom is -0.481 e. The molecule has 0 bridgehead atoms. The van der Waals surface area contributed by atoms with Crippen LogP contribution in [0.5, 0.6) is 0 Å². The maximum Gasteiger partial charge on any atom is 0.325 e. The summed E-state index contributed by atoms with van der Waals surface area (Å²) in [6.45, 7) is 0. The highest BCUT2D eigenvalue weighted by molar-refractivity contribution is 6.31. The molecule has 0 aromatic heterocycles. The van der Waals surface area contributed by atoms with Crippen molar-refractivity contribution in [2.45, 2.75) is 25.7 Å². The first-order valence-electron chi connectivity index (χ1n) is 6.16. The molecule has 0 atom stereocenters. The molecule has 114 valence electrons. The number of unbranched alkanes of at least 4 members (excludes halogenated alkanes) is 1. The Morgan fingerprint density at radius 3 is 2.48 bits per heavy atom. The molecule has 1 rings (SSSR count). The fraction of sp³-hybridized carbons (Fsp3) is 0.308. The Balaban J connectivity index is 2.34. The first-order valence-corrected chi connectivity index (χ1v) is 6.54. The Bertz CT molecular complexity index is 551. The summed E-state index contributed by atoms with van der Waals surface area (Å²) in [5.41, 5.74) is 0.248. The zero-order chi connectivity index (χ0) is 15.8. The second-order valence-electron chi connectivity index (χ2n) is 4.23. The lowest BCUT2D eigenvalue weighted by Gasteiger charge is -2.07. The number of urea groups is 1. The van der Waals surface area contributed by atoms with Crippen molar-refractivity contribution in [1.82, 2.24) is 5.32 Å². The number of nitrogens with one attached hydrogen (secondary N) is 2. The Morgan fingerprint density at radius 1 is 1.19 bits per heavy atom. The van der Waals surface area contributed by atoms with E-state index in [4.69, 9.17) is 16.7 Å². The number of carbonyl (C=O) groups is 3. The molecule has 0 unspecified atom stereocenters. The lowest BCUT2D eigenvalue weighted by Crippen LogP contribution is -2.34. The maximum absolute atomic E-state index is 12.9. The molecule has 0 saturated carbocycles. The van der Waals surface area contributed by atoms with E-state index in [-0.39, 0.29) is 23.6 Å². The van der Waals surface area contributed by atoms with Crippen molar-refractivity contribution in [3.05, 3.63) is 29.0 Å². The van der Waals surface area contributed by atoms with Crippen LogP contribution >= 0.6 is 11.6 Å². The van der Waals surface area contributed by atoms with E-state index in [9.17, 15) is 18.8 Å². The number of amides is 3. The summed E-state index contributed by atoms with van der Waals surface area (Å²) in [6.07, 6.45) is 0.754. The van der Waals surface area contributed by atoms with Gasteiger partial charge >= 0.3 is 12.0 Å².